The highest BCUT2D eigenvalue weighted by atomic mass is 16.6. The Morgan fingerprint density at radius 2 is 1.28 bits per heavy atom. The summed E-state index contributed by atoms with van der Waals surface area (Å²) in [5.41, 5.74) is 0.803. The standard InChI is InChI=1S/C8H5N9O2.C8H3N3O2/c18-17(19)4-1-2-5(7-9-13-14-10-7)6(3-4)8-11-15-16-12-8;9-4-6-1-2-8(11(12)13)3-7(6)5-10/h1-3H,(H,9,10,13,14)(H,11,12,15,16);1-3H. The van der Waals surface area contributed by atoms with Crippen LogP contribution in [0.4, 0.5) is 11.4 Å². The van der Waals surface area contributed by atoms with Crippen molar-refractivity contribution in [2.75, 3.05) is 0 Å². The Morgan fingerprint density at radius 1 is 0.750 bits per heavy atom. The molecule has 2 aromatic carbocycles. The molecule has 0 unspecified atom stereocenters. The lowest BCUT2D eigenvalue weighted by Gasteiger charge is -2.01. The van der Waals surface area contributed by atoms with Gasteiger partial charge in [-0.15, -0.1) is 20.4 Å². The number of benzene rings is 2. The third-order valence-corrected chi connectivity index (χ3v) is 3.84. The maximum Gasteiger partial charge on any atom is 0.270 e. The van der Waals surface area contributed by atoms with E-state index in [1.807, 2.05) is 0 Å². The summed E-state index contributed by atoms with van der Waals surface area (Å²) < 4.78 is 0. The number of nitrogens with one attached hydrogen (secondary N) is 2. The molecule has 0 bridgehead atoms. The van der Waals surface area contributed by atoms with Crippen molar-refractivity contribution in [3.63, 3.8) is 0 Å². The summed E-state index contributed by atoms with van der Waals surface area (Å²) in [4.78, 5) is 20.0. The van der Waals surface area contributed by atoms with Crippen molar-refractivity contribution in [3.8, 4) is 34.9 Å². The van der Waals surface area contributed by atoms with E-state index in [1.165, 1.54) is 30.3 Å². The second-order valence-corrected chi connectivity index (χ2v) is 5.67. The molecule has 0 saturated heterocycles. The van der Waals surface area contributed by atoms with Gasteiger partial charge in [-0.1, -0.05) is 0 Å². The lowest BCUT2D eigenvalue weighted by molar-refractivity contribution is -0.385. The van der Waals surface area contributed by atoms with Crippen LogP contribution >= 0.6 is 0 Å². The van der Waals surface area contributed by atoms with E-state index in [-0.39, 0.29) is 34.2 Å². The molecule has 0 aliphatic heterocycles. The smallest absolute Gasteiger partial charge is 0.258 e. The van der Waals surface area contributed by atoms with Crippen LogP contribution in [-0.2, 0) is 0 Å². The quantitative estimate of drug-likeness (QED) is 0.342. The molecule has 2 heterocycles. The first-order valence-electron chi connectivity index (χ1n) is 8.29. The second-order valence-electron chi connectivity index (χ2n) is 5.67. The molecule has 4 aromatic rings. The highest BCUT2D eigenvalue weighted by Crippen LogP contribution is 2.30. The topological polar surface area (TPSA) is 243 Å². The average Bonchev–Trinajstić information content (AvgIpc) is 3.53. The Kier molecular flexibility index (Phi) is 6.09. The molecule has 16 nitrogen and oxygen atoms in total. The summed E-state index contributed by atoms with van der Waals surface area (Å²) in [6.45, 7) is 0. The molecule has 0 aliphatic carbocycles. The van der Waals surface area contributed by atoms with Crippen LogP contribution in [0.25, 0.3) is 22.8 Å². The molecule has 0 atom stereocenters. The van der Waals surface area contributed by atoms with Gasteiger partial charge in [-0.2, -0.15) is 21.0 Å². The van der Waals surface area contributed by atoms with Crippen LogP contribution in [0.1, 0.15) is 11.1 Å². The SMILES string of the molecule is N#Cc1ccc([N+](=O)[O-])cc1C#N.O=[N+]([O-])c1ccc(-c2nn[nH]n2)c(-c2nn[nH]n2)c1. The number of nitrogens with zero attached hydrogens (tertiary/aromatic N) is 10. The van der Waals surface area contributed by atoms with E-state index in [2.05, 4.69) is 41.2 Å². The Hall–Kier alpha value is -5.64. The van der Waals surface area contributed by atoms with E-state index in [0.717, 1.165) is 6.07 Å². The summed E-state index contributed by atoms with van der Waals surface area (Å²) in [6.07, 6.45) is 0. The van der Waals surface area contributed by atoms with Gasteiger partial charge < -0.3 is 0 Å². The number of rotatable bonds is 4. The van der Waals surface area contributed by atoms with Crippen LogP contribution in [0.3, 0.4) is 0 Å². The van der Waals surface area contributed by atoms with Crippen molar-refractivity contribution in [1.82, 2.24) is 41.2 Å². The summed E-state index contributed by atoms with van der Waals surface area (Å²) in [5, 5.41) is 64.9. The Bertz CT molecular complexity index is 1350. The average molecular weight is 432 g/mol. The molecule has 0 spiro atoms. The molecular formula is C16H8N12O4. The van der Waals surface area contributed by atoms with Crippen LogP contribution in [0.15, 0.2) is 36.4 Å². The second kappa shape index (κ2) is 9.24. The number of non-ortho nitro benzene ring substituents is 2. The number of nitro benzene ring substituents is 2. The molecule has 32 heavy (non-hydrogen) atoms. The molecule has 2 N–H and O–H groups in total. The van der Waals surface area contributed by atoms with Gasteiger partial charge >= 0.3 is 0 Å². The fourth-order valence-corrected chi connectivity index (χ4v) is 2.41. The zero-order valence-electron chi connectivity index (χ0n) is 15.6. The van der Waals surface area contributed by atoms with Crippen LogP contribution < -0.4 is 0 Å². The maximum absolute atomic E-state index is 10.8. The fourth-order valence-electron chi connectivity index (χ4n) is 2.41. The first-order chi connectivity index (χ1) is 15.4. The highest BCUT2D eigenvalue weighted by molar-refractivity contribution is 5.78. The number of nitro groups is 2. The third kappa shape index (κ3) is 4.50. The minimum Gasteiger partial charge on any atom is -0.258 e. The van der Waals surface area contributed by atoms with Crippen molar-refractivity contribution < 1.29 is 9.85 Å². The number of tetrazole rings is 2. The summed E-state index contributed by atoms with van der Waals surface area (Å²) in [7, 11) is 0. The van der Waals surface area contributed by atoms with Crippen LogP contribution in [-0.4, -0.2) is 51.1 Å². The Morgan fingerprint density at radius 3 is 1.78 bits per heavy atom. The first-order valence-corrected chi connectivity index (χ1v) is 8.29. The molecule has 0 saturated carbocycles. The largest absolute Gasteiger partial charge is 0.270 e. The summed E-state index contributed by atoms with van der Waals surface area (Å²) >= 11 is 0. The van der Waals surface area contributed by atoms with Gasteiger partial charge in [0.15, 0.2) is 0 Å². The van der Waals surface area contributed by atoms with Crippen LogP contribution in [0.5, 0.6) is 0 Å². The Labute approximate surface area is 176 Å². The molecule has 2 aromatic heterocycles. The number of hydrogen-bond donors (Lipinski definition) is 2. The minimum absolute atomic E-state index is 0.0247. The third-order valence-electron chi connectivity index (χ3n) is 3.84. The molecule has 0 fully saturated rings. The van der Waals surface area contributed by atoms with E-state index in [1.54, 1.807) is 12.1 Å². The molecule has 0 aliphatic rings. The van der Waals surface area contributed by atoms with Crippen molar-refractivity contribution in [2.45, 2.75) is 0 Å². The fraction of sp³-hybridized carbons (Fsp3) is 0. The van der Waals surface area contributed by atoms with Crippen molar-refractivity contribution >= 4 is 11.4 Å². The lowest BCUT2D eigenvalue weighted by Crippen LogP contribution is -1.93. The van der Waals surface area contributed by atoms with Gasteiger partial charge in [-0.05, 0) is 22.6 Å². The van der Waals surface area contributed by atoms with Gasteiger partial charge in [-0.25, -0.2) is 0 Å². The number of aromatic amines is 2. The molecule has 16 heteroatoms. The van der Waals surface area contributed by atoms with Crippen LogP contribution in [0.2, 0.25) is 0 Å². The van der Waals surface area contributed by atoms with Crippen molar-refractivity contribution in [1.29, 1.82) is 10.5 Å². The van der Waals surface area contributed by atoms with Gasteiger partial charge in [0.25, 0.3) is 11.4 Å². The predicted molar refractivity (Wildman–Crippen MR) is 102 cm³/mol. The van der Waals surface area contributed by atoms with E-state index >= 15 is 0 Å². The molecule has 0 radical (unpaired) electrons. The van der Waals surface area contributed by atoms with Crippen molar-refractivity contribution in [2.24, 2.45) is 0 Å². The maximum atomic E-state index is 10.8. The minimum atomic E-state index is -0.609. The predicted octanol–water partition coefficient (Wildman–Crippen LogP) is 1.29. The van der Waals surface area contributed by atoms with Gasteiger partial charge in [0.05, 0.1) is 21.0 Å². The van der Waals surface area contributed by atoms with Gasteiger partial charge in [-0.3, -0.25) is 20.2 Å². The zero-order valence-corrected chi connectivity index (χ0v) is 15.6. The first kappa shape index (κ1) is 21.1. The number of nitriles is 2. The molecule has 4 rings (SSSR count). The monoisotopic (exact) mass is 432 g/mol. The Balaban J connectivity index is 0.000000195. The molecule has 156 valence electrons. The zero-order chi connectivity index (χ0) is 23.1. The summed E-state index contributed by atoms with van der Waals surface area (Å²) in [5.74, 6) is 0.498. The van der Waals surface area contributed by atoms with Crippen LogP contribution in [0, 0.1) is 42.9 Å². The highest BCUT2D eigenvalue weighted by Gasteiger charge is 2.18. The van der Waals surface area contributed by atoms with Crippen molar-refractivity contribution in [3.05, 3.63) is 67.8 Å². The molecular weight excluding hydrogens is 424 g/mol. The number of hydrogen-bond acceptors (Lipinski definition) is 12. The van der Waals surface area contributed by atoms with Gasteiger partial charge in [0.2, 0.25) is 11.6 Å². The van der Waals surface area contributed by atoms with Gasteiger partial charge in [0, 0.05) is 35.4 Å². The van der Waals surface area contributed by atoms with E-state index in [4.69, 9.17) is 10.5 Å². The molecule has 0 amide bonds. The normalized spacial score (nSPS) is 9.69. The number of aromatic nitrogens is 8. The van der Waals surface area contributed by atoms with E-state index in [0.29, 0.717) is 11.1 Å². The summed E-state index contributed by atoms with van der Waals surface area (Å²) in [6, 6.07) is 11.2. The lowest BCUT2D eigenvalue weighted by atomic mass is 10.1. The van der Waals surface area contributed by atoms with E-state index in [9.17, 15) is 20.2 Å². The van der Waals surface area contributed by atoms with Gasteiger partial charge in [0.1, 0.15) is 12.1 Å². The van der Waals surface area contributed by atoms with E-state index < -0.39 is 9.85 Å². The number of H-pyrrole nitrogens is 2.